The zero-order valence-corrected chi connectivity index (χ0v) is 13.3. The molecule has 2 heterocycles. The van der Waals surface area contributed by atoms with E-state index in [9.17, 15) is 9.18 Å². The highest BCUT2D eigenvalue weighted by atomic mass is 19.1. The number of halogens is 1. The van der Waals surface area contributed by atoms with Gasteiger partial charge < -0.3 is 10.1 Å². The summed E-state index contributed by atoms with van der Waals surface area (Å²) >= 11 is 0. The van der Waals surface area contributed by atoms with Gasteiger partial charge in [-0.2, -0.15) is 0 Å². The van der Waals surface area contributed by atoms with Gasteiger partial charge in [0.05, 0.1) is 18.4 Å². The number of aromatic nitrogens is 4. The van der Waals surface area contributed by atoms with Crippen LogP contribution >= 0.6 is 0 Å². The van der Waals surface area contributed by atoms with Gasteiger partial charge in [0, 0.05) is 6.20 Å². The molecule has 0 atom stereocenters. The summed E-state index contributed by atoms with van der Waals surface area (Å²) in [7, 11) is 0. The molecule has 0 bridgehead atoms. The van der Waals surface area contributed by atoms with Gasteiger partial charge in [0.25, 0.3) is 0 Å². The zero-order chi connectivity index (χ0) is 17.5. The molecule has 3 rings (SSSR count). The Morgan fingerprint density at radius 2 is 2.00 bits per heavy atom. The monoisotopic (exact) mass is 341 g/mol. The first kappa shape index (κ1) is 16.6. The van der Waals surface area contributed by atoms with E-state index in [0.29, 0.717) is 18.0 Å². The van der Waals surface area contributed by atoms with Gasteiger partial charge >= 0.3 is 0 Å². The largest absolute Gasteiger partial charge is 0.487 e. The van der Waals surface area contributed by atoms with Crippen LogP contribution in [-0.2, 0) is 24.5 Å². The summed E-state index contributed by atoms with van der Waals surface area (Å²) in [6.07, 6.45) is 3.30. The molecule has 1 N–H and O–H groups in total. The van der Waals surface area contributed by atoms with Crippen LogP contribution in [0, 0.1) is 5.82 Å². The third-order valence-corrected chi connectivity index (χ3v) is 3.28. The smallest absolute Gasteiger partial charge is 0.242 e. The molecule has 25 heavy (non-hydrogen) atoms. The fraction of sp³-hybridized carbons (Fsp3) is 0.176. The zero-order valence-electron chi connectivity index (χ0n) is 13.3. The molecule has 8 heteroatoms. The van der Waals surface area contributed by atoms with Gasteiger partial charge in [0.2, 0.25) is 5.91 Å². The lowest BCUT2D eigenvalue weighted by Gasteiger charge is -2.04. The molecule has 7 nitrogen and oxygen atoms in total. The molecule has 0 radical (unpaired) electrons. The van der Waals surface area contributed by atoms with E-state index >= 15 is 0 Å². The second-order valence-corrected chi connectivity index (χ2v) is 5.25. The summed E-state index contributed by atoms with van der Waals surface area (Å²) in [5, 5.41) is 10.6. The van der Waals surface area contributed by atoms with Crippen LogP contribution in [0.25, 0.3) is 0 Å². The second-order valence-electron chi connectivity index (χ2n) is 5.25. The Hall–Kier alpha value is -3.29. The summed E-state index contributed by atoms with van der Waals surface area (Å²) in [4.78, 5) is 16.0. The number of ether oxygens (including phenoxy) is 1. The Kier molecular flexibility index (Phi) is 5.30. The minimum atomic E-state index is -0.324. The van der Waals surface area contributed by atoms with E-state index < -0.39 is 0 Å². The molecule has 2 aromatic heterocycles. The molecule has 0 aliphatic rings. The van der Waals surface area contributed by atoms with Gasteiger partial charge in [-0.25, -0.2) is 9.07 Å². The number of benzene rings is 1. The minimum Gasteiger partial charge on any atom is -0.487 e. The molecule has 1 amide bonds. The van der Waals surface area contributed by atoms with Crippen molar-refractivity contribution in [2.75, 3.05) is 0 Å². The maximum Gasteiger partial charge on any atom is 0.242 e. The molecule has 3 aromatic rings. The Bertz CT molecular complexity index is 821. The predicted molar refractivity (Wildman–Crippen MR) is 86.8 cm³/mol. The highest BCUT2D eigenvalue weighted by molar-refractivity contribution is 5.75. The molecule has 0 unspecified atom stereocenters. The summed E-state index contributed by atoms with van der Waals surface area (Å²) < 4.78 is 19.7. The van der Waals surface area contributed by atoms with Gasteiger partial charge in [0.1, 0.15) is 30.4 Å². The van der Waals surface area contributed by atoms with Crippen molar-refractivity contribution < 1.29 is 13.9 Å². The van der Waals surface area contributed by atoms with E-state index in [2.05, 4.69) is 20.6 Å². The van der Waals surface area contributed by atoms with E-state index in [0.717, 1.165) is 5.69 Å². The Morgan fingerprint density at radius 3 is 2.76 bits per heavy atom. The van der Waals surface area contributed by atoms with E-state index in [1.54, 1.807) is 12.4 Å². The lowest BCUT2D eigenvalue weighted by molar-refractivity contribution is -0.122. The Labute approximate surface area is 143 Å². The highest BCUT2D eigenvalue weighted by Gasteiger charge is 2.07. The number of nitrogens with zero attached hydrogens (tertiary/aromatic N) is 4. The number of pyridine rings is 1. The highest BCUT2D eigenvalue weighted by Crippen LogP contribution is 2.12. The lowest BCUT2D eigenvalue weighted by atomic mass is 10.3. The van der Waals surface area contributed by atoms with Crippen molar-refractivity contribution in [2.24, 2.45) is 0 Å². The summed E-state index contributed by atoms with van der Waals surface area (Å²) in [5.41, 5.74) is 1.35. The quantitative estimate of drug-likeness (QED) is 0.707. The standard InChI is InChI=1S/C17H16FN5O2/c18-13-4-6-16(7-5-13)25-12-15-10-23(22-21-15)11-17(24)20-9-14-3-1-2-8-19-14/h1-8,10H,9,11-12H2,(H,20,24). The average molecular weight is 341 g/mol. The van der Waals surface area contributed by atoms with E-state index in [4.69, 9.17) is 4.74 Å². The van der Waals surface area contributed by atoms with Crippen molar-refractivity contribution in [1.29, 1.82) is 0 Å². The van der Waals surface area contributed by atoms with E-state index in [1.807, 2.05) is 18.2 Å². The number of rotatable bonds is 7. The van der Waals surface area contributed by atoms with Crippen LogP contribution in [0.1, 0.15) is 11.4 Å². The summed E-state index contributed by atoms with van der Waals surface area (Å²) in [6.45, 7) is 0.590. The van der Waals surface area contributed by atoms with Gasteiger partial charge in [-0.15, -0.1) is 5.10 Å². The molecule has 0 fully saturated rings. The first-order valence-electron chi connectivity index (χ1n) is 7.63. The first-order valence-corrected chi connectivity index (χ1v) is 7.63. The maximum atomic E-state index is 12.8. The number of nitrogens with one attached hydrogen (secondary N) is 1. The van der Waals surface area contributed by atoms with Crippen LogP contribution in [0.15, 0.2) is 54.9 Å². The van der Waals surface area contributed by atoms with Crippen LogP contribution in [0.5, 0.6) is 5.75 Å². The summed E-state index contributed by atoms with van der Waals surface area (Å²) in [5.74, 6) is 0.0145. The van der Waals surface area contributed by atoms with Crippen molar-refractivity contribution in [3.63, 3.8) is 0 Å². The summed E-state index contributed by atoms with van der Waals surface area (Å²) in [6, 6.07) is 11.2. The Morgan fingerprint density at radius 1 is 1.16 bits per heavy atom. The van der Waals surface area contributed by atoms with Crippen molar-refractivity contribution in [3.05, 3.63) is 72.1 Å². The van der Waals surface area contributed by atoms with Crippen LogP contribution < -0.4 is 10.1 Å². The van der Waals surface area contributed by atoms with Gasteiger partial charge in [-0.1, -0.05) is 11.3 Å². The molecular formula is C17H16FN5O2. The number of amides is 1. The maximum absolute atomic E-state index is 12.8. The van der Waals surface area contributed by atoms with E-state index in [-0.39, 0.29) is 24.9 Å². The van der Waals surface area contributed by atoms with Crippen molar-refractivity contribution in [3.8, 4) is 5.75 Å². The second kappa shape index (κ2) is 8.00. The topological polar surface area (TPSA) is 81.9 Å². The number of hydrogen-bond acceptors (Lipinski definition) is 5. The molecular weight excluding hydrogens is 325 g/mol. The lowest BCUT2D eigenvalue weighted by Crippen LogP contribution is -2.27. The Balaban J connectivity index is 1.46. The molecule has 0 spiro atoms. The minimum absolute atomic E-state index is 0.0520. The molecule has 0 aliphatic heterocycles. The third kappa shape index (κ3) is 5.10. The van der Waals surface area contributed by atoms with Crippen LogP contribution in [0.4, 0.5) is 4.39 Å². The van der Waals surface area contributed by atoms with Crippen LogP contribution in [0.3, 0.4) is 0 Å². The molecule has 0 saturated carbocycles. The molecule has 1 aromatic carbocycles. The van der Waals surface area contributed by atoms with Gasteiger partial charge in [-0.05, 0) is 36.4 Å². The molecule has 128 valence electrons. The van der Waals surface area contributed by atoms with Crippen LogP contribution in [0.2, 0.25) is 0 Å². The number of carbonyl (C=O) groups is 1. The van der Waals surface area contributed by atoms with E-state index in [1.165, 1.54) is 28.9 Å². The number of hydrogen-bond donors (Lipinski definition) is 1. The van der Waals surface area contributed by atoms with Gasteiger partial charge in [0.15, 0.2) is 0 Å². The average Bonchev–Trinajstić information content (AvgIpc) is 3.08. The van der Waals surface area contributed by atoms with Crippen LogP contribution in [-0.4, -0.2) is 25.9 Å². The predicted octanol–water partition coefficient (Wildman–Crippen LogP) is 1.71. The third-order valence-electron chi connectivity index (χ3n) is 3.28. The SMILES string of the molecule is O=C(Cn1cc(COc2ccc(F)cc2)nn1)NCc1ccccn1. The first-order chi connectivity index (χ1) is 12.2. The number of carbonyl (C=O) groups excluding carboxylic acids is 1. The normalized spacial score (nSPS) is 10.4. The van der Waals surface area contributed by atoms with Crippen molar-refractivity contribution >= 4 is 5.91 Å². The fourth-order valence-corrected chi connectivity index (χ4v) is 2.06. The van der Waals surface area contributed by atoms with Gasteiger partial charge in [-0.3, -0.25) is 9.78 Å². The van der Waals surface area contributed by atoms with Crippen molar-refractivity contribution in [1.82, 2.24) is 25.3 Å². The van der Waals surface area contributed by atoms with Crippen molar-refractivity contribution in [2.45, 2.75) is 19.7 Å². The molecule has 0 saturated heterocycles. The fourth-order valence-electron chi connectivity index (χ4n) is 2.06. The molecule has 0 aliphatic carbocycles.